The van der Waals surface area contributed by atoms with E-state index >= 15 is 0 Å². The zero-order valence-electron chi connectivity index (χ0n) is 14.7. The molecule has 0 spiro atoms. The summed E-state index contributed by atoms with van der Waals surface area (Å²) in [6.45, 7) is 4.08. The fourth-order valence-corrected chi connectivity index (χ4v) is 4.18. The number of hydrogen-bond acceptors (Lipinski definition) is 4. The van der Waals surface area contributed by atoms with Crippen molar-refractivity contribution in [3.05, 3.63) is 47.6 Å². The predicted octanol–water partition coefficient (Wildman–Crippen LogP) is 4.13. The number of nitrogens with one attached hydrogen (secondary N) is 1. The van der Waals surface area contributed by atoms with Crippen LogP contribution in [-0.4, -0.2) is 19.9 Å². The van der Waals surface area contributed by atoms with Gasteiger partial charge in [0, 0.05) is 19.0 Å². The molecule has 0 aliphatic heterocycles. The van der Waals surface area contributed by atoms with Crippen molar-refractivity contribution in [3.8, 4) is 11.3 Å². The molecule has 3 rings (SSSR count). The van der Waals surface area contributed by atoms with Crippen molar-refractivity contribution in [2.75, 3.05) is 6.54 Å². The molecule has 0 bridgehead atoms. The Morgan fingerprint density at radius 3 is 2.52 bits per heavy atom. The molecular formula is C19H24N2O3S. The molecule has 1 N–H and O–H groups in total. The smallest absolute Gasteiger partial charge is 0.240 e. The van der Waals surface area contributed by atoms with Gasteiger partial charge in [0.25, 0.3) is 0 Å². The highest BCUT2D eigenvalue weighted by Gasteiger charge is 2.15. The molecule has 0 amide bonds. The molecule has 25 heavy (non-hydrogen) atoms. The average Bonchev–Trinajstić information content (AvgIpc) is 2.94. The Hall–Kier alpha value is -1.92. The van der Waals surface area contributed by atoms with E-state index in [4.69, 9.17) is 4.42 Å². The van der Waals surface area contributed by atoms with E-state index in [0.717, 1.165) is 36.3 Å². The minimum atomic E-state index is -3.49. The van der Waals surface area contributed by atoms with Crippen LogP contribution < -0.4 is 4.72 Å². The number of aryl methyl sites for hydroxylation is 2. The van der Waals surface area contributed by atoms with Crippen LogP contribution in [0.4, 0.5) is 0 Å². The Labute approximate surface area is 149 Å². The second-order valence-corrected chi connectivity index (χ2v) is 8.18. The highest BCUT2D eigenvalue weighted by Crippen LogP contribution is 2.24. The molecule has 1 aromatic heterocycles. The van der Waals surface area contributed by atoms with Gasteiger partial charge >= 0.3 is 0 Å². The highest BCUT2D eigenvalue weighted by atomic mass is 32.2. The summed E-state index contributed by atoms with van der Waals surface area (Å²) in [7, 11) is -3.49. The van der Waals surface area contributed by atoms with Crippen LogP contribution in [0.1, 0.15) is 43.8 Å². The molecule has 134 valence electrons. The number of aromatic nitrogens is 1. The number of rotatable bonds is 6. The normalized spacial score (nSPS) is 15.2. The van der Waals surface area contributed by atoms with Crippen molar-refractivity contribution < 1.29 is 12.8 Å². The van der Waals surface area contributed by atoms with Crippen LogP contribution >= 0.6 is 0 Å². The van der Waals surface area contributed by atoms with Gasteiger partial charge in [-0.15, -0.1) is 0 Å². The van der Waals surface area contributed by atoms with Gasteiger partial charge in [0.1, 0.15) is 11.5 Å². The fraction of sp³-hybridized carbons (Fsp3) is 0.421. The van der Waals surface area contributed by atoms with Crippen LogP contribution in [0.2, 0.25) is 0 Å². The molecule has 1 aromatic carbocycles. The Morgan fingerprint density at radius 2 is 1.92 bits per heavy atom. The third-order valence-electron chi connectivity index (χ3n) is 4.46. The van der Waals surface area contributed by atoms with Crippen LogP contribution in [0.15, 0.2) is 45.2 Å². The molecule has 0 radical (unpaired) electrons. The molecular weight excluding hydrogens is 336 g/mol. The second-order valence-electron chi connectivity index (χ2n) is 6.42. The van der Waals surface area contributed by atoms with Gasteiger partial charge in [0.05, 0.1) is 4.90 Å². The largest absolute Gasteiger partial charge is 0.446 e. The van der Waals surface area contributed by atoms with Gasteiger partial charge in [-0.3, -0.25) is 0 Å². The van der Waals surface area contributed by atoms with Gasteiger partial charge < -0.3 is 4.42 Å². The van der Waals surface area contributed by atoms with E-state index in [0.29, 0.717) is 12.4 Å². The molecule has 6 heteroatoms. The molecule has 0 saturated heterocycles. The van der Waals surface area contributed by atoms with Crippen LogP contribution in [0, 0.1) is 13.8 Å². The van der Waals surface area contributed by atoms with Crippen molar-refractivity contribution in [3.63, 3.8) is 0 Å². The number of allylic oxidation sites excluding steroid dienone is 1. The van der Waals surface area contributed by atoms with Crippen LogP contribution in [0.25, 0.3) is 11.3 Å². The van der Waals surface area contributed by atoms with Crippen molar-refractivity contribution in [1.29, 1.82) is 0 Å². The Kier molecular flexibility index (Phi) is 5.39. The number of benzene rings is 1. The third kappa shape index (κ3) is 4.38. The van der Waals surface area contributed by atoms with Crippen molar-refractivity contribution in [1.82, 2.24) is 9.71 Å². The summed E-state index contributed by atoms with van der Waals surface area (Å²) in [6.07, 6.45) is 7.69. The van der Waals surface area contributed by atoms with E-state index in [1.807, 2.05) is 6.92 Å². The van der Waals surface area contributed by atoms with E-state index in [1.165, 1.54) is 18.4 Å². The van der Waals surface area contributed by atoms with Crippen molar-refractivity contribution in [2.45, 2.75) is 50.8 Å². The molecule has 1 aliphatic rings. The van der Waals surface area contributed by atoms with Crippen LogP contribution in [0.3, 0.4) is 0 Å². The zero-order chi connectivity index (χ0) is 17.9. The summed E-state index contributed by atoms with van der Waals surface area (Å²) in [5.41, 5.74) is 2.96. The van der Waals surface area contributed by atoms with Crippen molar-refractivity contribution >= 4 is 10.0 Å². The standard InChI is InChI=1S/C19H24N2O3S/c1-14-19(21-15(2)24-14)17-8-10-18(11-9-17)25(22,23)20-13-12-16-6-4-3-5-7-16/h6,8-11,20H,3-5,7,12-13H2,1-2H3. The Bertz CT molecular complexity index is 865. The minimum absolute atomic E-state index is 0.270. The molecule has 5 nitrogen and oxygen atoms in total. The SMILES string of the molecule is Cc1nc(-c2ccc(S(=O)(=O)NCCC3=CCCCC3)cc2)c(C)o1. The lowest BCUT2D eigenvalue weighted by atomic mass is 9.97. The lowest BCUT2D eigenvalue weighted by Crippen LogP contribution is -2.25. The number of oxazole rings is 1. The van der Waals surface area contributed by atoms with Gasteiger partial charge in [-0.05, 0) is 51.2 Å². The average molecular weight is 360 g/mol. The van der Waals surface area contributed by atoms with Crippen molar-refractivity contribution in [2.24, 2.45) is 0 Å². The molecule has 0 fully saturated rings. The number of hydrogen-bond donors (Lipinski definition) is 1. The van der Waals surface area contributed by atoms with E-state index in [-0.39, 0.29) is 4.90 Å². The lowest BCUT2D eigenvalue weighted by molar-refractivity contribution is 0.495. The van der Waals surface area contributed by atoms with E-state index < -0.39 is 10.0 Å². The second kappa shape index (κ2) is 7.54. The maximum absolute atomic E-state index is 12.4. The molecule has 0 saturated carbocycles. The molecule has 2 aromatic rings. The quantitative estimate of drug-likeness (QED) is 0.786. The first-order chi connectivity index (χ1) is 12.0. The summed E-state index contributed by atoms with van der Waals surface area (Å²) in [4.78, 5) is 4.61. The Morgan fingerprint density at radius 1 is 1.16 bits per heavy atom. The van der Waals surface area contributed by atoms with Crippen LogP contribution in [0.5, 0.6) is 0 Å². The summed E-state index contributed by atoms with van der Waals surface area (Å²) in [6, 6.07) is 6.76. The van der Waals surface area contributed by atoms with Gasteiger partial charge in [0.15, 0.2) is 5.89 Å². The van der Waals surface area contributed by atoms with E-state index in [1.54, 1.807) is 31.2 Å². The summed E-state index contributed by atoms with van der Waals surface area (Å²) in [5, 5.41) is 0. The van der Waals surface area contributed by atoms with E-state index in [9.17, 15) is 8.42 Å². The topological polar surface area (TPSA) is 72.2 Å². The van der Waals surface area contributed by atoms with Crippen LogP contribution in [-0.2, 0) is 10.0 Å². The summed E-state index contributed by atoms with van der Waals surface area (Å²) < 4.78 is 33.0. The van der Waals surface area contributed by atoms with Gasteiger partial charge in [0.2, 0.25) is 10.0 Å². The monoisotopic (exact) mass is 360 g/mol. The maximum atomic E-state index is 12.4. The van der Waals surface area contributed by atoms with Gasteiger partial charge in [-0.1, -0.05) is 23.8 Å². The molecule has 0 unspecified atom stereocenters. The molecule has 1 heterocycles. The minimum Gasteiger partial charge on any atom is -0.446 e. The maximum Gasteiger partial charge on any atom is 0.240 e. The zero-order valence-corrected chi connectivity index (χ0v) is 15.5. The first-order valence-corrected chi connectivity index (χ1v) is 10.2. The first-order valence-electron chi connectivity index (χ1n) is 8.68. The van der Waals surface area contributed by atoms with E-state index in [2.05, 4.69) is 15.8 Å². The van der Waals surface area contributed by atoms with Gasteiger partial charge in [-0.2, -0.15) is 0 Å². The fourth-order valence-electron chi connectivity index (χ4n) is 3.15. The molecule has 0 atom stereocenters. The highest BCUT2D eigenvalue weighted by molar-refractivity contribution is 7.89. The van der Waals surface area contributed by atoms with Gasteiger partial charge in [-0.25, -0.2) is 18.1 Å². The summed E-state index contributed by atoms with van der Waals surface area (Å²) in [5.74, 6) is 1.33. The number of sulfonamides is 1. The predicted molar refractivity (Wildman–Crippen MR) is 97.8 cm³/mol. The molecule has 1 aliphatic carbocycles. The third-order valence-corrected chi connectivity index (χ3v) is 5.94. The number of nitrogens with zero attached hydrogens (tertiary/aromatic N) is 1. The summed E-state index contributed by atoms with van der Waals surface area (Å²) >= 11 is 0. The lowest BCUT2D eigenvalue weighted by Gasteiger charge is -2.13. The Balaban J connectivity index is 1.66. The first kappa shape index (κ1) is 17.9.